The van der Waals surface area contributed by atoms with Crippen LogP contribution in [0.5, 0.6) is 5.75 Å². The molecule has 5 nitrogen and oxygen atoms in total. The molecule has 0 saturated heterocycles. The Morgan fingerprint density at radius 1 is 1.58 bits per heavy atom. The van der Waals surface area contributed by atoms with Crippen molar-refractivity contribution < 1.29 is 14.6 Å². The van der Waals surface area contributed by atoms with Crippen LogP contribution in [-0.2, 0) is 4.79 Å². The van der Waals surface area contributed by atoms with Gasteiger partial charge in [-0.05, 0) is 36.2 Å². The van der Waals surface area contributed by atoms with Gasteiger partial charge in [0, 0.05) is 15.4 Å². The molecule has 0 aliphatic heterocycles. The maximum Gasteiger partial charge on any atom is 0.344 e. The van der Waals surface area contributed by atoms with Gasteiger partial charge < -0.3 is 9.84 Å². The van der Waals surface area contributed by atoms with Crippen LogP contribution in [0.25, 0.3) is 11.3 Å². The van der Waals surface area contributed by atoms with Gasteiger partial charge in [0.2, 0.25) is 0 Å². The van der Waals surface area contributed by atoms with Crippen LogP contribution in [0.3, 0.4) is 0 Å². The second-order valence-corrected chi connectivity index (χ2v) is 5.31. The molecule has 19 heavy (non-hydrogen) atoms. The van der Waals surface area contributed by atoms with Crippen molar-refractivity contribution in [2.75, 3.05) is 0 Å². The first kappa shape index (κ1) is 14.0. The number of nitrogens with zero attached hydrogens (tertiary/aromatic N) is 2. The Morgan fingerprint density at radius 3 is 2.95 bits per heavy atom. The molecule has 2 aromatic rings. The fourth-order valence-electron chi connectivity index (χ4n) is 1.55. The normalized spacial score (nSPS) is 12.1. The van der Waals surface area contributed by atoms with Crippen molar-refractivity contribution in [2.24, 2.45) is 0 Å². The number of halogens is 1. The predicted molar refractivity (Wildman–Crippen MR) is 75.4 cm³/mol. The Bertz CT molecular complexity index is 574. The largest absolute Gasteiger partial charge is 0.479 e. The van der Waals surface area contributed by atoms with Gasteiger partial charge in [0.05, 0.1) is 0 Å². The Kier molecular flexibility index (Phi) is 4.49. The molecule has 0 bridgehead atoms. The monoisotopic (exact) mass is 342 g/mol. The van der Waals surface area contributed by atoms with E-state index in [1.54, 1.807) is 24.4 Å². The predicted octanol–water partition coefficient (Wildman–Crippen LogP) is 3.21. The molecule has 1 heterocycles. The molecule has 1 atom stereocenters. The Hall–Kier alpha value is -1.47. The Labute approximate surface area is 122 Å². The molecule has 7 heteroatoms. The molecule has 0 spiro atoms. The van der Waals surface area contributed by atoms with Crippen molar-refractivity contribution >= 4 is 33.4 Å². The van der Waals surface area contributed by atoms with E-state index in [-0.39, 0.29) is 0 Å². The van der Waals surface area contributed by atoms with Crippen LogP contribution in [0.1, 0.15) is 13.3 Å². The van der Waals surface area contributed by atoms with Crippen molar-refractivity contribution in [3.8, 4) is 17.0 Å². The second kappa shape index (κ2) is 6.12. The molecule has 0 saturated carbocycles. The fourth-order valence-corrected chi connectivity index (χ4v) is 2.37. The number of benzene rings is 1. The first-order valence-electron chi connectivity index (χ1n) is 5.58. The quantitative estimate of drug-likeness (QED) is 0.903. The molecule has 1 unspecified atom stereocenters. The molecular weight excluding hydrogens is 332 g/mol. The van der Waals surface area contributed by atoms with Crippen LogP contribution in [0.4, 0.5) is 0 Å². The molecule has 0 aliphatic rings. The molecule has 0 amide bonds. The molecule has 0 radical (unpaired) electrons. The van der Waals surface area contributed by atoms with Crippen LogP contribution in [0.2, 0.25) is 0 Å². The molecule has 2 rings (SSSR count). The zero-order valence-electron chi connectivity index (χ0n) is 10.0. The molecule has 0 fully saturated rings. The summed E-state index contributed by atoms with van der Waals surface area (Å²) in [5, 5.41) is 14.8. The SMILES string of the molecule is CCC(Oc1ccc(Br)cc1-c1csnn1)C(=O)O. The standard InChI is InChI=1S/C12H11BrN2O3S/c1-2-10(12(16)17)18-11-4-3-7(13)5-8(11)9-6-19-15-14-9/h3-6,10H,2H2,1H3,(H,16,17). The number of aliphatic carboxylic acids is 1. The zero-order valence-corrected chi connectivity index (χ0v) is 12.4. The van der Waals surface area contributed by atoms with Crippen molar-refractivity contribution in [3.05, 3.63) is 28.1 Å². The number of hydrogen-bond acceptors (Lipinski definition) is 5. The third-order valence-corrected chi connectivity index (χ3v) is 3.49. The summed E-state index contributed by atoms with van der Waals surface area (Å²) in [6, 6.07) is 5.36. The molecule has 1 aromatic carbocycles. The van der Waals surface area contributed by atoms with E-state index in [1.165, 1.54) is 11.5 Å². The fraction of sp³-hybridized carbons (Fsp3) is 0.250. The van der Waals surface area contributed by atoms with Crippen molar-refractivity contribution in [1.29, 1.82) is 0 Å². The summed E-state index contributed by atoms with van der Waals surface area (Å²) in [5.41, 5.74) is 1.39. The highest BCUT2D eigenvalue weighted by molar-refractivity contribution is 9.10. The smallest absolute Gasteiger partial charge is 0.344 e. The van der Waals surface area contributed by atoms with Gasteiger partial charge in [-0.3, -0.25) is 0 Å². The maximum atomic E-state index is 11.0. The summed E-state index contributed by atoms with van der Waals surface area (Å²) in [5.74, 6) is -0.488. The van der Waals surface area contributed by atoms with Gasteiger partial charge in [-0.2, -0.15) is 0 Å². The second-order valence-electron chi connectivity index (χ2n) is 3.78. The number of rotatable bonds is 5. The average Bonchev–Trinajstić information content (AvgIpc) is 2.90. The number of carboxylic acid groups (broad SMARTS) is 1. The lowest BCUT2D eigenvalue weighted by Gasteiger charge is -2.15. The molecule has 100 valence electrons. The van der Waals surface area contributed by atoms with E-state index < -0.39 is 12.1 Å². The number of hydrogen-bond donors (Lipinski definition) is 1. The highest BCUT2D eigenvalue weighted by Crippen LogP contribution is 2.32. The minimum Gasteiger partial charge on any atom is -0.479 e. The first-order chi connectivity index (χ1) is 9.11. The van der Waals surface area contributed by atoms with Gasteiger partial charge in [0.15, 0.2) is 6.10 Å². The van der Waals surface area contributed by atoms with Crippen LogP contribution in [-0.4, -0.2) is 26.8 Å². The van der Waals surface area contributed by atoms with Gasteiger partial charge in [0.25, 0.3) is 0 Å². The van der Waals surface area contributed by atoms with Gasteiger partial charge in [-0.1, -0.05) is 27.3 Å². The zero-order chi connectivity index (χ0) is 13.8. The number of carbonyl (C=O) groups is 1. The average molecular weight is 343 g/mol. The van der Waals surface area contributed by atoms with Crippen LogP contribution >= 0.6 is 27.5 Å². The third kappa shape index (κ3) is 3.30. The summed E-state index contributed by atoms with van der Waals surface area (Å²) >= 11 is 4.61. The Balaban J connectivity index is 2.37. The van der Waals surface area contributed by atoms with Gasteiger partial charge in [-0.25, -0.2) is 4.79 Å². The molecule has 0 aliphatic carbocycles. The molecule has 1 aromatic heterocycles. The van der Waals surface area contributed by atoms with Gasteiger partial charge in [-0.15, -0.1) is 5.10 Å². The summed E-state index contributed by atoms with van der Waals surface area (Å²) < 4.78 is 10.2. The van der Waals surface area contributed by atoms with Crippen LogP contribution < -0.4 is 4.74 Å². The summed E-state index contributed by atoms with van der Waals surface area (Å²) in [4.78, 5) is 11.0. The first-order valence-corrected chi connectivity index (χ1v) is 7.21. The van der Waals surface area contributed by atoms with E-state index in [1.807, 2.05) is 6.07 Å². The summed E-state index contributed by atoms with van der Waals surface area (Å²) in [6.45, 7) is 1.77. The lowest BCUT2D eigenvalue weighted by atomic mass is 10.1. The van der Waals surface area contributed by atoms with E-state index in [0.717, 1.165) is 10.0 Å². The lowest BCUT2D eigenvalue weighted by Crippen LogP contribution is -2.26. The topological polar surface area (TPSA) is 72.3 Å². The minimum atomic E-state index is -0.979. The number of ether oxygens (including phenoxy) is 1. The lowest BCUT2D eigenvalue weighted by molar-refractivity contribution is -0.145. The Morgan fingerprint density at radius 2 is 2.37 bits per heavy atom. The maximum absolute atomic E-state index is 11.0. The number of aromatic nitrogens is 2. The van der Waals surface area contributed by atoms with Crippen molar-refractivity contribution in [1.82, 2.24) is 9.59 Å². The van der Waals surface area contributed by atoms with E-state index in [9.17, 15) is 4.79 Å². The van der Waals surface area contributed by atoms with E-state index in [0.29, 0.717) is 17.9 Å². The van der Waals surface area contributed by atoms with Crippen molar-refractivity contribution in [3.63, 3.8) is 0 Å². The van der Waals surface area contributed by atoms with Gasteiger partial charge >= 0.3 is 5.97 Å². The van der Waals surface area contributed by atoms with Crippen LogP contribution in [0, 0.1) is 0 Å². The van der Waals surface area contributed by atoms with E-state index >= 15 is 0 Å². The molecule has 1 N–H and O–H groups in total. The molecular formula is C12H11BrN2O3S. The highest BCUT2D eigenvalue weighted by Gasteiger charge is 2.19. The third-order valence-electron chi connectivity index (χ3n) is 2.49. The highest BCUT2D eigenvalue weighted by atomic mass is 79.9. The summed E-state index contributed by atoms with van der Waals surface area (Å²) in [6.07, 6.45) is -0.480. The minimum absolute atomic E-state index is 0.389. The number of carboxylic acids is 1. The van der Waals surface area contributed by atoms with Gasteiger partial charge in [0.1, 0.15) is 11.4 Å². The van der Waals surface area contributed by atoms with E-state index in [2.05, 4.69) is 25.5 Å². The van der Waals surface area contributed by atoms with Crippen molar-refractivity contribution in [2.45, 2.75) is 19.4 Å². The summed E-state index contributed by atoms with van der Waals surface area (Å²) in [7, 11) is 0. The van der Waals surface area contributed by atoms with E-state index in [4.69, 9.17) is 9.84 Å². The van der Waals surface area contributed by atoms with Crippen LogP contribution in [0.15, 0.2) is 28.1 Å².